The average Bonchev–Trinajstić information content (AvgIpc) is 3.07. The summed E-state index contributed by atoms with van der Waals surface area (Å²) in [5.74, 6) is -0.989. The number of hydrogen-bond donors (Lipinski definition) is 1. The number of rotatable bonds is 4. The largest absolute Gasteiger partial charge is 0.322 e. The van der Waals surface area contributed by atoms with E-state index in [2.05, 4.69) is 10.4 Å². The minimum atomic E-state index is -0.662. The zero-order valence-electron chi connectivity index (χ0n) is 19.2. The zero-order valence-corrected chi connectivity index (χ0v) is 19.2. The van der Waals surface area contributed by atoms with Gasteiger partial charge >= 0.3 is 6.03 Å². The van der Waals surface area contributed by atoms with Gasteiger partial charge in [-0.3, -0.25) is 14.3 Å². The minimum Gasteiger partial charge on any atom is -0.317 e. The average molecular weight is 468 g/mol. The maximum atomic E-state index is 13.6. The third-order valence-electron chi connectivity index (χ3n) is 6.07. The Balaban J connectivity index is 1.58. The summed E-state index contributed by atoms with van der Waals surface area (Å²) in [4.78, 5) is 44.8. The maximum absolute atomic E-state index is 13.6. The molecule has 10 nitrogen and oxygen atoms in total. The molecular weight excluding hydrogens is 443 g/mol. The van der Waals surface area contributed by atoms with Gasteiger partial charge in [0.1, 0.15) is 29.5 Å². The van der Waals surface area contributed by atoms with Crippen LogP contribution in [0.15, 0.2) is 18.2 Å². The number of urea groups is 1. The quantitative estimate of drug-likeness (QED) is 0.737. The molecule has 0 saturated heterocycles. The highest BCUT2D eigenvalue weighted by Crippen LogP contribution is 2.30. The molecule has 34 heavy (non-hydrogen) atoms. The van der Waals surface area contributed by atoms with E-state index in [1.807, 2.05) is 6.92 Å². The second-order valence-electron chi connectivity index (χ2n) is 8.64. The van der Waals surface area contributed by atoms with E-state index in [1.165, 1.54) is 26.1 Å². The number of carbonyl (C=O) groups is 3. The molecule has 0 radical (unpaired) electrons. The smallest absolute Gasteiger partial charge is 0.317 e. The lowest BCUT2D eigenvalue weighted by molar-refractivity contribution is -0.151. The molecule has 0 aliphatic carbocycles. The molecular formula is C23H25FN6O4. The summed E-state index contributed by atoms with van der Waals surface area (Å²) >= 11 is 0. The fourth-order valence-electron chi connectivity index (χ4n) is 4.28. The number of Topliss-reactive ketones (excluding diaryl/α,β-unsaturated/α-hetero) is 1. The summed E-state index contributed by atoms with van der Waals surface area (Å²) in [6.07, 6.45) is 0.867. The molecule has 0 spiro atoms. The van der Waals surface area contributed by atoms with Crippen LogP contribution in [-0.2, 0) is 29.1 Å². The van der Waals surface area contributed by atoms with Crippen molar-refractivity contribution < 1.29 is 23.6 Å². The normalized spacial score (nSPS) is 19.7. The van der Waals surface area contributed by atoms with E-state index >= 15 is 0 Å². The molecule has 0 saturated carbocycles. The lowest BCUT2D eigenvalue weighted by Gasteiger charge is -2.33. The van der Waals surface area contributed by atoms with Crippen molar-refractivity contribution in [3.63, 3.8) is 0 Å². The van der Waals surface area contributed by atoms with Crippen LogP contribution in [0.4, 0.5) is 14.9 Å². The Bertz CT molecular complexity index is 1200. The first kappa shape index (κ1) is 23.4. The lowest BCUT2D eigenvalue weighted by atomic mass is 9.99. The first-order valence-electron chi connectivity index (χ1n) is 11.0. The summed E-state index contributed by atoms with van der Waals surface area (Å²) in [5, 5.41) is 17.5. The number of aromatic nitrogens is 2. The summed E-state index contributed by atoms with van der Waals surface area (Å²) in [6, 6.07) is 4.90. The standard InChI is InChI=1S/C23H25FN6O4/c1-13-8-20-18(12-29(13)23(33)26-16-5-7-19(24)15(9-16)10-25)21-22(32)28(3)34-17(6-4-14(2)31)11-30(21)27-20/h5,7,9,13,17H,4,6,8,11-12H2,1-3H3,(H,26,33)/t13-,17+/m1/s1. The Morgan fingerprint density at radius 1 is 1.38 bits per heavy atom. The molecule has 0 bridgehead atoms. The number of anilines is 1. The number of hydroxylamine groups is 2. The number of carbonyl (C=O) groups excluding carboxylic acids is 3. The van der Waals surface area contributed by atoms with Gasteiger partial charge in [-0.1, -0.05) is 0 Å². The van der Waals surface area contributed by atoms with Crippen molar-refractivity contribution in [1.29, 1.82) is 5.26 Å². The van der Waals surface area contributed by atoms with Crippen molar-refractivity contribution in [1.82, 2.24) is 19.7 Å². The second kappa shape index (κ2) is 9.23. The Morgan fingerprint density at radius 2 is 2.15 bits per heavy atom. The van der Waals surface area contributed by atoms with Gasteiger partial charge in [0.25, 0.3) is 5.91 Å². The van der Waals surface area contributed by atoms with Crippen molar-refractivity contribution in [2.24, 2.45) is 0 Å². The van der Waals surface area contributed by atoms with E-state index < -0.39 is 11.8 Å². The summed E-state index contributed by atoms with van der Waals surface area (Å²) in [5.41, 5.74) is 1.89. The van der Waals surface area contributed by atoms with E-state index in [1.54, 1.807) is 15.7 Å². The molecule has 0 fully saturated rings. The van der Waals surface area contributed by atoms with Crippen LogP contribution in [0.3, 0.4) is 0 Å². The van der Waals surface area contributed by atoms with Gasteiger partial charge in [-0.2, -0.15) is 10.4 Å². The first-order valence-corrected chi connectivity index (χ1v) is 11.0. The Morgan fingerprint density at radius 3 is 2.85 bits per heavy atom. The fourth-order valence-corrected chi connectivity index (χ4v) is 4.28. The number of benzene rings is 1. The summed E-state index contributed by atoms with van der Waals surface area (Å²) in [6.45, 7) is 3.86. The van der Waals surface area contributed by atoms with Gasteiger partial charge in [-0.25, -0.2) is 14.2 Å². The van der Waals surface area contributed by atoms with Gasteiger partial charge in [0.05, 0.1) is 24.3 Å². The molecule has 2 aliphatic rings. The lowest BCUT2D eigenvalue weighted by Crippen LogP contribution is -2.45. The number of fused-ring (bicyclic) bond motifs is 3. The van der Waals surface area contributed by atoms with Crippen LogP contribution in [0.25, 0.3) is 0 Å². The Kier molecular flexibility index (Phi) is 6.34. The van der Waals surface area contributed by atoms with Crippen molar-refractivity contribution in [2.75, 3.05) is 12.4 Å². The predicted octanol–water partition coefficient (Wildman–Crippen LogP) is 2.63. The van der Waals surface area contributed by atoms with E-state index in [0.717, 1.165) is 16.8 Å². The topological polar surface area (TPSA) is 121 Å². The SMILES string of the molecule is CC(=O)CC[C@H]1Cn2nc3c(c2C(=O)N(C)O1)CN(C(=O)Nc1ccc(F)c(C#N)c1)[C@H](C)C3. The molecule has 2 aromatic rings. The Hall–Kier alpha value is -3.78. The molecule has 4 rings (SSSR count). The van der Waals surface area contributed by atoms with Gasteiger partial charge in [0.15, 0.2) is 0 Å². The van der Waals surface area contributed by atoms with E-state index in [0.29, 0.717) is 42.8 Å². The highest BCUT2D eigenvalue weighted by atomic mass is 19.1. The van der Waals surface area contributed by atoms with Crippen LogP contribution >= 0.6 is 0 Å². The van der Waals surface area contributed by atoms with Crippen LogP contribution in [0.5, 0.6) is 0 Å². The van der Waals surface area contributed by atoms with Crippen LogP contribution in [0.2, 0.25) is 0 Å². The predicted molar refractivity (Wildman–Crippen MR) is 118 cm³/mol. The first-order chi connectivity index (χ1) is 16.2. The van der Waals surface area contributed by atoms with Gasteiger partial charge < -0.3 is 15.0 Å². The number of nitriles is 1. The molecule has 1 aromatic carbocycles. The van der Waals surface area contributed by atoms with Gasteiger partial charge in [-0.05, 0) is 38.5 Å². The number of hydrogen-bond acceptors (Lipinski definition) is 6. The molecule has 2 aliphatic heterocycles. The number of amides is 3. The van der Waals surface area contributed by atoms with E-state index in [9.17, 15) is 18.8 Å². The maximum Gasteiger partial charge on any atom is 0.322 e. The molecule has 2 atom stereocenters. The number of nitrogens with one attached hydrogen (secondary N) is 1. The Labute approximate surface area is 195 Å². The molecule has 1 aromatic heterocycles. The van der Waals surface area contributed by atoms with Crippen molar-refractivity contribution in [3.8, 4) is 6.07 Å². The summed E-state index contributed by atoms with van der Waals surface area (Å²) in [7, 11) is 1.52. The minimum absolute atomic E-state index is 0.0420. The van der Waals surface area contributed by atoms with Gasteiger partial charge in [-0.15, -0.1) is 0 Å². The van der Waals surface area contributed by atoms with Crippen molar-refractivity contribution in [3.05, 3.63) is 46.5 Å². The van der Waals surface area contributed by atoms with Crippen LogP contribution < -0.4 is 5.32 Å². The molecule has 3 amide bonds. The number of halogens is 1. The van der Waals surface area contributed by atoms with Crippen LogP contribution in [-0.4, -0.2) is 56.7 Å². The van der Waals surface area contributed by atoms with Crippen molar-refractivity contribution >= 4 is 23.4 Å². The number of ketones is 1. The van der Waals surface area contributed by atoms with Gasteiger partial charge in [0, 0.05) is 37.2 Å². The molecule has 11 heteroatoms. The van der Waals surface area contributed by atoms with E-state index in [4.69, 9.17) is 10.1 Å². The monoisotopic (exact) mass is 468 g/mol. The van der Waals surface area contributed by atoms with Crippen LogP contribution in [0, 0.1) is 17.1 Å². The van der Waals surface area contributed by atoms with Crippen LogP contribution in [0.1, 0.15) is 54.0 Å². The molecule has 1 N–H and O–H groups in total. The van der Waals surface area contributed by atoms with Gasteiger partial charge in [0.2, 0.25) is 0 Å². The third-order valence-corrected chi connectivity index (χ3v) is 6.07. The highest BCUT2D eigenvalue weighted by Gasteiger charge is 2.37. The second-order valence-corrected chi connectivity index (χ2v) is 8.64. The molecule has 0 unspecified atom stereocenters. The number of nitrogens with zero attached hydrogens (tertiary/aromatic N) is 5. The van der Waals surface area contributed by atoms with Crippen molar-refractivity contribution in [2.45, 2.75) is 58.3 Å². The fraction of sp³-hybridized carbons (Fsp3) is 0.435. The highest BCUT2D eigenvalue weighted by molar-refractivity contribution is 5.94. The summed E-state index contributed by atoms with van der Waals surface area (Å²) < 4.78 is 15.2. The zero-order chi connectivity index (χ0) is 24.6. The third kappa shape index (κ3) is 4.49. The molecule has 3 heterocycles. The molecule has 178 valence electrons. The van der Waals surface area contributed by atoms with E-state index in [-0.39, 0.29) is 35.9 Å².